The molecule has 0 fully saturated rings. The normalized spacial score (nSPS) is 11.6. The monoisotopic (exact) mass is 166 g/mol. The van der Waals surface area contributed by atoms with Crippen molar-refractivity contribution >= 4 is 0 Å². The maximum absolute atomic E-state index is 4.40. The van der Waals surface area contributed by atoms with Gasteiger partial charge in [-0.05, 0) is 20.8 Å². The third kappa shape index (κ3) is 1.52. The number of aryl methyl sites for hydroxylation is 1. The minimum atomic E-state index is 0.515. The smallest absolute Gasteiger partial charge is 0.111 e. The highest BCUT2D eigenvalue weighted by molar-refractivity contribution is 5.07. The van der Waals surface area contributed by atoms with E-state index in [2.05, 4.69) is 44.2 Å². The van der Waals surface area contributed by atoms with Crippen molar-refractivity contribution in [1.29, 1.82) is 0 Å². The molecule has 68 valence electrons. The number of nitrogens with zero attached hydrogens (tertiary/aromatic N) is 2. The molecule has 0 saturated carbocycles. The van der Waals surface area contributed by atoms with Gasteiger partial charge in [0.2, 0.25) is 0 Å². The van der Waals surface area contributed by atoms with E-state index in [-0.39, 0.29) is 0 Å². The fraction of sp³-hybridized carbons (Fsp3) is 0.700. The summed E-state index contributed by atoms with van der Waals surface area (Å²) >= 11 is 0. The van der Waals surface area contributed by atoms with Gasteiger partial charge in [0.1, 0.15) is 5.82 Å². The maximum atomic E-state index is 4.40. The number of imidazole rings is 1. The summed E-state index contributed by atoms with van der Waals surface area (Å²) in [6.45, 7) is 10.9. The molecule has 12 heavy (non-hydrogen) atoms. The highest BCUT2D eigenvalue weighted by Gasteiger charge is 2.11. The molecule has 1 heterocycles. The molecule has 0 aromatic carbocycles. The first kappa shape index (κ1) is 9.30. The zero-order chi connectivity index (χ0) is 9.30. The zero-order valence-corrected chi connectivity index (χ0v) is 8.63. The van der Waals surface area contributed by atoms with Gasteiger partial charge in [-0.25, -0.2) is 4.98 Å². The molecule has 1 aromatic heterocycles. The van der Waals surface area contributed by atoms with Crippen molar-refractivity contribution in [3.63, 3.8) is 0 Å². The molecular weight excluding hydrogens is 148 g/mol. The summed E-state index contributed by atoms with van der Waals surface area (Å²) in [6, 6.07) is 0.518. The number of hydrogen-bond acceptors (Lipinski definition) is 1. The first-order valence-corrected chi connectivity index (χ1v) is 4.57. The average Bonchev–Trinajstić information content (AvgIpc) is 2.30. The maximum Gasteiger partial charge on any atom is 0.111 e. The first-order valence-electron chi connectivity index (χ1n) is 4.57. The van der Waals surface area contributed by atoms with Crippen molar-refractivity contribution in [2.75, 3.05) is 0 Å². The molecule has 1 aromatic rings. The van der Waals surface area contributed by atoms with Gasteiger partial charge in [-0.15, -0.1) is 0 Å². The third-order valence-electron chi connectivity index (χ3n) is 2.04. The van der Waals surface area contributed by atoms with Gasteiger partial charge in [-0.3, -0.25) is 0 Å². The van der Waals surface area contributed by atoms with Gasteiger partial charge in [0, 0.05) is 23.9 Å². The predicted molar refractivity (Wildman–Crippen MR) is 51.4 cm³/mol. The van der Waals surface area contributed by atoms with E-state index in [9.17, 15) is 0 Å². The lowest BCUT2D eigenvalue weighted by Gasteiger charge is -2.15. The summed E-state index contributed by atoms with van der Waals surface area (Å²) in [5.74, 6) is 1.71. The Balaban J connectivity index is 3.12. The zero-order valence-electron chi connectivity index (χ0n) is 8.63. The summed E-state index contributed by atoms with van der Waals surface area (Å²) in [6.07, 6.45) is 1.95. The van der Waals surface area contributed by atoms with E-state index in [0.29, 0.717) is 12.0 Å². The second-order valence-electron chi connectivity index (χ2n) is 3.88. The number of hydrogen-bond donors (Lipinski definition) is 0. The molecule has 0 unspecified atom stereocenters. The van der Waals surface area contributed by atoms with E-state index in [0.717, 1.165) is 0 Å². The number of aromatic nitrogens is 2. The van der Waals surface area contributed by atoms with Crippen LogP contribution in [0.3, 0.4) is 0 Å². The van der Waals surface area contributed by atoms with Crippen molar-refractivity contribution < 1.29 is 0 Å². The van der Waals surface area contributed by atoms with Crippen LogP contribution in [-0.4, -0.2) is 9.55 Å². The first-order chi connectivity index (χ1) is 5.54. The summed E-state index contributed by atoms with van der Waals surface area (Å²) in [5.41, 5.74) is 1.26. The second-order valence-corrected chi connectivity index (χ2v) is 3.88. The van der Waals surface area contributed by atoms with Crippen LogP contribution in [0.1, 0.15) is 51.2 Å². The summed E-state index contributed by atoms with van der Waals surface area (Å²) in [5, 5.41) is 0. The van der Waals surface area contributed by atoms with Crippen molar-refractivity contribution in [1.82, 2.24) is 9.55 Å². The van der Waals surface area contributed by atoms with E-state index in [1.54, 1.807) is 0 Å². The Morgan fingerprint density at radius 3 is 2.17 bits per heavy atom. The van der Waals surface area contributed by atoms with Crippen molar-refractivity contribution in [2.45, 2.75) is 46.6 Å². The van der Waals surface area contributed by atoms with Crippen molar-refractivity contribution in [3.05, 3.63) is 17.7 Å². The lowest BCUT2D eigenvalue weighted by Crippen LogP contribution is -2.09. The highest BCUT2D eigenvalue weighted by atomic mass is 15.1. The third-order valence-corrected chi connectivity index (χ3v) is 2.04. The van der Waals surface area contributed by atoms with Gasteiger partial charge in [0.25, 0.3) is 0 Å². The van der Waals surface area contributed by atoms with Crippen LogP contribution in [0.25, 0.3) is 0 Å². The van der Waals surface area contributed by atoms with E-state index < -0.39 is 0 Å². The molecule has 0 radical (unpaired) electrons. The Hall–Kier alpha value is -0.790. The van der Waals surface area contributed by atoms with Gasteiger partial charge in [-0.1, -0.05) is 13.8 Å². The van der Waals surface area contributed by atoms with E-state index >= 15 is 0 Å². The lowest BCUT2D eigenvalue weighted by molar-refractivity contribution is 0.539. The molecule has 0 atom stereocenters. The molecule has 1 rings (SSSR count). The minimum absolute atomic E-state index is 0.515. The molecule has 0 spiro atoms. The van der Waals surface area contributed by atoms with Crippen molar-refractivity contribution in [2.24, 2.45) is 0 Å². The average molecular weight is 166 g/mol. The summed E-state index contributed by atoms with van der Waals surface area (Å²) in [4.78, 5) is 4.40. The predicted octanol–water partition coefficient (Wildman–Crippen LogP) is 2.90. The minimum Gasteiger partial charge on any atom is -0.330 e. The van der Waals surface area contributed by atoms with Gasteiger partial charge < -0.3 is 4.57 Å². The fourth-order valence-electron chi connectivity index (χ4n) is 1.56. The molecule has 0 aliphatic rings. The van der Waals surface area contributed by atoms with Crippen LogP contribution in [0.15, 0.2) is 6.20 Å². The largest absolute Gasteiger partial charge is 0.330 e. The SMILES string of the molecule is Cc1cnc(C(C)C)n1C(C)C. The highest BCUT2D eigenvalue weighted by Crippen LogP contribution is 2.19. The standard InChI is InChI=1S/C10H18N2/c1-7(2)10-11-6-9(5)12(10)8(3)4/h6-8H,1-5H3. The van der Waals surface area contributed by atoms with Crippen LogP contribution >= 0.6 is 0 Å². The van der Waals surface area contributed by atoms with Crippen LogP contribution < -0.4 is 0 Å². The van der Waals surface area contributed by atoms with Crippen molar-refractivity contribution in [3.8, 4) is 0 Å². The van der Waals surface area contributed by atoms with Gasteiger partial charge in [-0.2, -0.15) is 0 Å². The fourth-order valence-corrected chi connectivity index (χ4v) is 1.56. The quantitative estimate of drug-likeness (QED) is 0.660. The molecule has 0 bridgehead atoms. The van der Waals surface area contributed by atoms with E-state index in [1.165, 1.54) is 11.5 Å². The topological polar surface area (TPSA) is 17.8 Å². The Labute approximate surface area is 74.6 Å². The molecular formula is C10H18N2. The van der Waals surface area contributed by atoms with E-state index in [4.69, 9.17) is 0 Å². The second kappa shape index (κ2) is 3.30. The van der Waals surface area contributed by atoms with Gasteiger partial charge >= 0.3 is 0 Å². The van der Waals surface area contributed by atoms with Crippen LogP contribution in [-0.2, 0) is 0 Å². The Kier molecular flexibility index (Phi) is 2.55. The Morgan fingerprint density at radius 2 is 1.83 bits per heavy atom. The Bertz CT molecular complexity index is 259. The van der Waals surface area contributed by atoms with Gasteiger partial charge in [0.05, 0.1) is 0 Å². The molecule has 0 saturated heterocycles. The van der Waals surface area contributed by atoms with Gasteiger partial charge in [0.15, 0.2) is 0 Å². The van der Waals surface area contributed by atoms with E-state index in [1.807, 2.05) is 6.20 Å². The van der Waals surface area contributed by atoms with Crippen LogP contribution in [0.5, 0.6) is 0 Å². The van der Waals surface area contributed by atoms with Crippen LogP contribution in [0.2, 0.25) is 0 Å². The molecule has 2 nitrogen and oxygen atoms in total. The molecule has 0 aliphatic heterocycles. The summed E-state index contributed by atoms with van der Waals surface area (Å²) < 4.78 is 2.30. The molecule has 0 N–H and O–H groups in total. The van der Waals surface area contributed by atoms with Crippen LogP contribution in [0, 0.1) is 6.92 Å². The molecule has 0 amide bonds. The lowest BCUT2D eigenvalue weighted by atomic mass is 10.2. The number of rotatable bonds is 2. The molecule has 0 aliphatic carbocycles. The van der Waals surface area contributed by atoms with Crippen LogP contribution in [0.4, 0.5) is 0 Å². The molecule has 2 heteroatoms. The Morgan fingerprint density at radius 1 is 1.25 bits per heavy atom. The summed E-state index contributed by atoms with van der Waals surface area (Å²) in [7, 11) is 0.